The van der Waals surface area contributed by atoms with E-state index >= 15 is 0 Å². The van der Waals surface area contributed by atoms with E-state index in [9.17, 15) is 4.79 Å². The average molecular weight is 349 g/mol. The zero-order valence-electron chi connectivity index (χ0n) is 14.5. The van der Waals surface area contributed by atoms with Gasteiger partial charge in [0.2, 0.25) is 0 Å². The lowest BCUT2D eigenvalue weighted by Gasteiger charge is -2.31. The predicted molar refractivity (Wildman–Crippen MR) is 98.3 cm³/mol. The molecule has 5 nitrogen and oxygen atoms in total. The smallest absolute Gasteiger partial charge is 0.257 e. The van der Waals surface area contributed by atoms with Gasteiger partial charge in [0.15, 0.2) is 0 Å². The molecule has 2 aromatic rings. The summed E-state index contributed by atoms with van der Waals surface area (Å²) in [5.74, 6) is 0.0641. The third kappa shape index (κ3) is 3.47. The topological polar surface area (TPSA) is 50.2 Å². The monoisotopic (exact) mass is 348 g/mol. The van der Waals surface area contributed by atoms with Crippen LogP contribution < -0.4 is 5.32 Å². The first kappa shape index (κ1) is 18.5. The van der Waals surface area contributed by atoms with Crippen molar-refractivity contribution in [2.45, 2.75) is 32.7 Å². The maximum atomic E-state index is 12.8. The fourth-order valence-corrected chi connectivity index (χ4v) is 3.21. The standard InChI is InChI=1S/C18H24N4O.ClH/c1-13-6-4-5-7-17(13)22-14(2)16(12-20-22)18(23)21(3)15-8-10-19-11-9-15;/h4-7,12,15,19H,8-11H2,1-3H3;1H. The molecule has 130 valence electrons. The SMILES string of the molecule is Cc1ccccc1-n1ncc(C(=O)N(C)C2CCNCC2)c1C.Cl. The highest BCUT2D eigenvalue weighted by Crippen LogP contribution is 2.20. The van der Waals surface area contributed by atoms with Gasteiger partial charge in [-0.05, 0) is 51.4 Å². The minimum Gasteiger partial charge on any atom is -0.339 e. The Labute approximate surface area is 149 Å². The zero-order valence-corrected chi connectivity index (χ0v) is 15.3. The van der Waals surface area contributed by atoms with Crippen LogP contribution in [0.25, 0.3) is 5.69 Å². The summed E-state index contributed by atoms with van der Waals surface area (Å²) in [6, 6.07) is 8.39. The number of aryl methyl sites for hydroxylation is 1. The summed E-state index contributed by atoms with van der Waals surface area (Å²) in [7, 11) is 1.91. The van der Waals surface area contributed by atoms with Gasteiger partial charge in [0.25, 0.3) is 5.91 Å². The quantitative estimate of drug-likeness (QED) is 0.927. The fraction of sp³-hybridized carbons (Fsp3) is 0.444. The normalized spacial score (nSPS) is 15.0. The lowest BCUT2D eigenvalue weighted by Crippen LogP contribution is -2.44. The van der Waals surface area contributed by atoms with Crippen LogP contribution in [-0.2, 0) is 0 Å². The molecule has 1 aliphatic heterocycles. The number of para-hydroxylation sites is 1. The van der Waals surface area contributed by atoms with E-state index in [2.05, 4.69) is 23.4 Å². The summed E-state index contributed by atoms with van der Waals surface area (Å²) >= 11 is 0. The minimum atomic E-state index is 0. The molecule has 0 atom stereocenters. The number of amides is 1. The molecule has 0 aliphatic carbocycles. The molecule has 0 saturated carbocycles. The first-order valence-electron chi connectivity index (χ1n) is 8.18. The van der Waals surface area contributed by atoms with Gasteiger partial charge in [0.05, 0.1) is 23.1 Å². The van der Waals surface area contributed by atoms with Crippen molar-refractivity contribution in [2.24, 2.45) is 0 Å². The molecular formula is C18H25ClN4O. The van der Waals surface area contributed by atoms with Crippen LogP contribution in [0.15, 0.2) is 30.5 Å². The second kappa shape index (κ2) is 7.81. The highest BCUT2D eigenvalue weighted by Gasteiger charge is 2.25. The van der Waals surface area contributed by atoms with Crippen LogP contribution in [0.1, 0.15) is 34.5 Å². The molecule has 1 aromatic heterocycles. The minimum absolute atomic E-state index is 0. The molecule has 1 saturated heterocycles. The first-order valence-corrected chi connectivity index (χ1v) is 8.18. The molecule has 1 aromatic carbocycles. The van der Waals surface area contributed by atoms with Gasteiger partial charge in [-0.1, -0.05) is 18.2 Å². The maximum absolute atomic E-state index is 12.8. The summed E-state index contributed by atoms with van der Waals surface area (Å²) < 4.78 is 1.86. The van der Waals surface area contributed by atoms with E-state index in [1.165, 1.54) is 0 Å². The van der Waals surface area contributed by atoms with Gasteiger partial charge in [-0.25, -0.2) is 4.68 Å². The molecule has 0 bridgehead atoms. The van der Waals surface area contributed by atoms with E-state index in [0.717, 1.165) is 42.9 Å². The molecular weight excluding hydrogens is 324 g/mol. The van der Waals surface area contributed by atoms with E-state index in [4.69, 9.17) is 0 Å². The number of carbonyl (C=O) groups is 1. The molecule has 24 heavy (non-hydrogen) atoms. The Bertz CT molecular complexity index is 707. The summed E-state index contributed by atoms with van der Waals surface area (Å²) in [6.07, 6.45) is 3.71. The van der Waals surface area contributed by atoms with Crippen molar-refractivity contribution in [1.29, 1.82) is 0 Å². The molecule has 1 amide bonds. The van der Waals surface area contributed by atoms with Crippen molar-refractivity contribution in [2.75, 3.05) is 20.1 Å². The number of nitrogens with zero attached hydrogens (tertiary/aromatic N) is 3. The number of rotatable bonds is 3. The molecule has 0 unspecified atom stereocenters. The Morgan fingerprint density at radius 3 is 2.58 bits per heavy atom. The molecule has 6 heteroatoms. The Morgan fingerprint density at radius 1 is 1.25 bits per heavy atom. The van der Waals surface area contributed by atoms with Crippen molar-refractivity contribution in [3.05, 3.63) is 47.3 Å². The Hall–Kier alpha value is -1.85. The number of hydrogen-bond donors (Lipinski definition) is 1. The Balaban J connectivity index is 0.00000208. The third-order valence-corrected chi connectivity index (χ3v) is 4.76. The van der Waals surface area contributed by atoms with Gasteiger partial charge in [-0.15, -0.1) is 12.4 Å². The summed E-state index contributed by atoms with van der Waals surface area (Å²) in [5, 5.41) is 7.79. The number of piperidine rings is 1. The van der Waals surface area contributed by atoms with Gasteiger partial charge in [0, 0.05) is 13.1 Å². The average Bonchev–Trinajstić information content (AvgIpc) is 2.96. The van der Waals surface area contributed by atoms with Crippen LogP contribution in [0.2, 0.25) is 0 Å². The predicted octanol–water partition coefficient (Wildman–Crippen LogP) is 2.73. The summed E-state index contributed by atoms with van der Waals surface area (Å²) in [5.41, 5.74) is 3.75. The first-order chi connectivity index (χ1) is 11.1. The van der Waals surface area contributed by atoms with Crippen molar-refractivity contribution in [3.8, 4) is 5.69 Å². The number of benzene rings is 1. The summed E-state index contributed by atoms with van der Waals surface area (Å²) in [6.45, 7) is 5.97. The van der Waals surface area contributed by atoms with Crippen LogP contribution in [0.4, 0.5) is 0 Å². The number of hydrogen-bond acceptors (Lipinski definition) is 3. The van der Waals surface area contributed by atoms with E-state index in [-0.39, 0.29) is 18.3 Å². The third-order valence-electron chi connectivity index (χ3n) is 4.76. The number of aromatic nitrogens is 2. The highest BCUT2D eigenvalue weighted by molar-refractivity contribution is 5.95. The van der Waals surface area contributed by atoms with Gasteiger partial charge in [-0.3, -0.25) is 4.79 Å². The van der Waals surface area contributed by atoms with Crippen molar-refractivity contribution < 1.29 is 4.79 Å². The zero-order chi connectivity index (χ0) is 16.4. The van der Waals surface area contributed by atoms with Crippen molar-refractivity contribution in [3.63, 3.8) is 0 Å². The molecule has 1 aliphatic rings. The van der Waals surface area contributed by atoms with Crippen LogP contribution in [0, 0.1) is 13.8 Å². The van der Waals surface area contributed by atoms with E-state index < -0.39 is 0 Å². The maximum Gasteiger partial charge on any atom is 0.257 e. The van der Waals surface area contributed by atoms with E-state index in [1.54, 1.807) is 6.20 Å². The van der Waals surface area contributed by atoms with Crippen LogP contribution in [-0.4, -0.2) is 46.8 Å². The Kier molecular flexibility index (Phi) is 6.02. The summed E-state index contributed by atoms with van der Waals surface area (Å²) in [4.78, 5) is 14.7. The van der Waals surface area contributed by atoms with Crippen molar-refractivity contribution >= 4 is 18.3 Å². The second-order valence-electron chi connectivity index (χ2n) is 6.24. The number of halogens is 1. The van der Waals surface area contributed by atoms with E-state index in [1.807, 2.05) is 41.8 Å². The van der Waals surface area contributed by atoms with Gasteiger partial charge < -0.3 is 10.2 Å². The molecule has 1 N–H and O–H groups in total. The molecule has 0 radical (unpaired) electrons. The van der Waals surface area contributed by atoms with Crippen LogP contribution >= 0.6 is 12.4 Å². The highest BCUT2D eigenvalue weighted by atomic mass is 35.5. The molecule has 3 rings (SSSR count). The van der Waals surface area contributed by atoms with Gasteiger partial charge in [0.1, 0.15) is 0 Å². The lowest BCUT2D eigenvalue weighted by atomic mass is 10.0. The number of nitrogens with one attached hydrogen (secondary N) is 1. The fourth-order valence-electron chi connectivity index (χ4n) is 3.21. The van der Waals surface area contributed by atoms with Gasteiger partial charge >= 0.3 is 0 Å². The number of carbonyl (C=O) groups excluding carboxylic acids is 1. The van der Waals surface area contributed by atoms with Crippen LogP contribution in [0.5, 0.6) is 0 Å². The van der Waals surface area contributed by atoms with Gasteiger partial charge in [-0.2, -0.15) is 5.10 Å². The second-order valence-corrected chi connectivity index (χ2v) is 6.24. The molecule has 0 spiro atoms. The van der Waals surface area contributed by atoms with Crippen molar-refractivity contribution in [1.82, 2.24) is 20.0 Å². The lowest BCUT2D eigenvalue weighted by molar-refractivity contribution is 0.0702. The molecule has 1 fully saturated rings. The van der Waals surface area contributed by atoms with E-state index in [0.29, 0.717) is 11.6 Å². The molecule has 2 heterocycles. The van der Waals surface area contributed by atoms with Crippen LogP contribution in [0.3, 0.4) is 0 Å². The Morgan fingerprint density at radius 2 is 1.92 bits per heavy atom. The largest absolute Gasteiger partial charge is 0.339 e.